The zero-order chi connectivity index (χ0) is 19.6. The maximum absolute atomic E-state index is 13.1. The molecule has 3 heterocycles. The van der Waals surface area contributed by atoms with Gasteiger partial charge in [0.1, 0.15) is 5.82 Å². The first-order chi connectivity index (χ1) is 13.5. The van der Waals surface area contributed by atoms with Crippen molar-refractivity contribution >= 4 is 21.4 Å². The van der Waals surface area contributed by atoms with Gasteiger partial charge in [-0.15, -0.1) is 11.3 Å². The molecule has 0 atom stereocenters. The van der Waals surface area contributed by atoms with Gasteiger partial charge in [-0.05, 0) is 48.7 Å². The van der Waals surface area contributed by atoms with E-state index in [1.54, 1.807) is 11.3 Å². The molecular formula is C18H19FN4O3S2. The van der Waals surface area contributed by atoms with Gasteiger partial charge in [0.15, 0.2) is 0 Å². The van der Waals surface area contributed by atoms with Gasteiger partial charge >= 0.3 is 0 Å². The van der Waals surface area contributed by atoms with Crippen LogP contribution in [0.25, 0.3) is 10.7 Å². The molecule has 10 heteroatoms. The van der Waals surface area contributed by atoms with E-state index >= 15 is 0 Å². The summed E-state index contributed by atoms with van der Waals surface area (Å²) in [6.07, 6.45) is 0.687. The third kappa shape index (κ3) is 4.14. The standard InChI is InChI=1S/C18H19FN4O3S2/c19-14-4-6-15(7-5-14)28(24,25)23-9-2-8-22(10-11-23)13-17-20-18(21-26-17)16-3-1-12-27-16/h1,3-7,12H,2,8-11,13H2. The van der Waals surface area contributed by atoms with Gasteiger partial charge in [0.25, 0.3) is 0 Å². The zero-order valence-electron chi connectivity index (χ0n) is 15.0. The Hall–Kier alpha value is -2.14. The molecule has 1 fully saturated rings. The van der Waals surface area contributed by atoms with E-state index in [-0.39, 0.29) is 4.90 Å². The summed E-state index contributed by atoms with van der Waals surface area (Å²) in [6.45, 7) is 2.53. The quantitative estimate of drug-likeness (QED) is 0.629. The third-order valence-corrected chi connectivity index (χ3v) is 7.35. The number of benzene rings is 1. The second kappa shape index (κ2) is 8.08. The molecule has 0 amide bonds. The highest BCUT2D eigenvalue weighted by atomic mass is 32.2. The lowest BCUT2D eigenvalue weighted by Crippen LogP contribution is -2.35. The molecule has 0 spiro atoms. The highest BCUT2D eigenvalue weighted by molar-refractivity contribution is 7.89. The maximum Gasteiger partial charge on any atom is 0.243 e. The van der Waals surface area contributed by atoms with Gasteiger partial charge in [-0.25, -0.2) is 12.8 Å². The molecule has 0 unspecified atom stereocenters. The molecular weight excluding hydrogens is 403 g/mol. The van der Waals surface area contributed by atoms with Crippen LogP contribution in [-0.4, -0.2) is 53.9 Å². The molecule has 0 N–H and O–H groups in total. The third-order valence-electron chi connectivity index (χ3n) is 4.57. The first-order valence-electron chi connectivity index (χ1n) is 8.87. The summed E-state index contributed by atoms with van der Waals surface area (Å²) in [6, 6.07) is 8.80. The van der Waals surface area contributed by atoms with Crippen LogP contribution < -0.4 is 0 Å². The summed E-state index contributed by atoms with van der Waals surface area (Å²) in [5.74, 6) is 0.626. The molecule has 3 aromatic rings. The fourth-order valence-electron chi connectivity index (χ4n) is 3.12. The molecule has 0 radical (unpaired) electrons. The van der Waals surface area contributed by atoms with Gasteiger partial charge in [0.05, 0.1) is 16.3 Å². The molecule has 0 bridgehead atoms. The molecule has 0 saturated carbocycles. The lowest BCUT2D eigenvalue weighted by molar-refractivity contribution is 0.236. The Morgan fingerprint density at radius 3 is 2.68 bits per heavy atom. The van der Waals surface area contributed by atoms with Crippen LogP contribution in [0.2, 0.25) is 0 Å². The van der Waals surface area contributed by atoms with Crippen molar-refractivity contribution in [3.05, 3.63) is 53.5 Å². The Morgan fingerprint density at radius 2 is 1.93 bits per heavy atom. The van der Waals surface area contributed by atoms with Crippen molar-refractivity contribution in [1.82, 2.24) is 19.3 Å². The average molecular weight is 423 g/mol. The molecule has 1 aliphatic rings. The Bertz CT molecular complexity index is 1020. The number of halogens is 1. The fraction of sp³-hybridized carbons (Fsp3) is 0.333. The van der Waals surface area contributed by atoms with Crippen LogP contribution >= 0.6 is 11.3 Å². The van der Waals surface area contributed by atoms with Crippen LogP contribution in [0.4, 0.5) is 4.39 Å². The second-order valence-corrected chi connectivity index (χ2v) is 9.36. The fourth-order valence-corrected chi connectivity index (χ4v) is 5.24. The number of hydrogen-bond donors (Lipinski definition) is 0. The van der Waals surface area contributed by atoms with Crippen LogP contribution in [0, 0.1) is 5.82 Å². The summed E-state index contributed by atoms with van der Waals surface area (Å²) in [7, 11) is -3.63. The Balaban J connectivity index is 1.40. The highest BCUT2D eigenvalue weighted by Gasteiger charge is 2.27. The summed E-state index contributed by atoms with van der Waals surface area (Å²) in [4.78, 5) is 7.59. The van der Waals surface area contributed by atoms with Crippen LogP contribution in [0.15, 0.2) is 51.2 Å². The molecule has 1 aliphatic heterocycles. The van der Waals surface area contributed by atoms with E-state index in [1.807, 2.05) is 17.5 Å². The van der Waals surface area contributed by atoms with Gasteiger partial charge < -0.3 is 4.52 Å². The molecule has 148 valence electrons. The van der Waals surface area contributed by atoms with Crippen LogP contribution in [0.5, 0.6) is 0 Å². The van der Waals surface area contributed by atoms with E-state index in [0.717, 1.165) is 23.6 Å². The summed E-state index contributed by atoms with van der Waals surface area (Å²) < 4.78 is 45.5. The van der Waals surface area contributed by atoms with Crippen molar-refractivity contribution in [2.75, 3.05) is 26.2 Å². The van der Waals surface area contributed by atoms with Gasteiger partial charge in [-0.3, -0.25) is 4.90 Å². The maximum atomic E-state index is 13.1. The van der Waals surface area contributed by atoms with Crippen LogP contribution in [0.3, 0.4) is 0 Å². The monoisotopic (exact) mass is 422 g/mol. The SMILES string of the molecule is O=S(=O)(c1ccc(F)cc1)N1CCCN(Cc2nc(-c3cccs3)no2)CC1. The molecule has 1 saturated heterocycles. The normalized spacial score (nSPS) is 16.9. The number of sulfonamides is 1. The summed E-state index contributed by atoms with van der Waals surface area (Å²) in [5, 5.41) is 5.96. The van der Waals surface area contributed by atoms with Gasteiger partial charge in [0.2, 0.25) is 21.7 Å². The molecule has 4 rings (SSSR count). The number of thiophene rings is 1. The van der Waals surface area contributed by atoms with Crippen molar-refractivity contribution in [3.8, 4) is 10.7 Å². The van der Waals surface area contributed by atoms with Crippen molar-refractivity contribution in [3.63, 3.8) is 0 Å². The number of aromatic nitrogens is 2. The Kier molecular flexibility index (Phi) is 5.54. The first kappa shape index (κ1) is 19.2. The van der Waals surface area contributed by atoms with Gasteiger partial charge in [-0.1, -0.05) is 11.2 Å². The first-order valence-corrected chi connectivity index (χ1v) is 11.2. The topological polar surface area (TPSA) is 79.5 Å². The zero-order valence-corrected chi connectivity index (χ0v) is 16.6. The Labute approximate surface area is 166 Å². The van der Waals surface area contributed by atoms with Crippen molar-refractivity contribution in [2.24, 2.45) is 0 Å². The van der Waals surface area contributed by atoms with Crippen molar-refractivity contribution in [2.45, 2.75) is 17.9 Å². The molecule has 2 aromatic heterocycles. The van der Waals surface area contributed by atoms with E-state index in [9.17, 15) is 12.8 Å². The van der Waals surface area contributed by atoms with E-state index < -0.39 is 15.8 Å². The predicted octanol–water partition coefficient (Wildman–Crippen LogP) is 2.83. The van der Waals surface area contributed by atoms with Crippen molar-refractivity contribution < 1.29 is 17.3 Å². The lowest BCUT2D eigenvalue weighted by atomic mass is 10.4. The van der Waals surface area contributed by atoms with Gasteiger partial charge in [0, 0.05) is 19.6 Å². The largest absolute Gasteiger partial charge is 0.338 e. The molecule has 1 aromatic carbocycles. The summed E-state index contributed by atoms with van der Waals surface area (Å²) >= 11 is 1.55. The lowest BCUT2D eigenvalue weighted by Gasteiger charge is -2.20. The van der Waals surface area contributed by atoms with E-state index in [1.165, 1.54) is 16.4 Å². The van der Waals surface area contributed by atoms with Crippen LogP contribution in [-0.2, 0) is 16.6 Å². The van der Waals surface area contributed by atoms with Gasteiger partial charge in [-0.2, -0.15) is 9.29 Å². The van der Waals surface area contributed by atoms with Crippen LogP contribution in [0.1, 0.15) is 12.3 Å². The highest BCUT2D eigenvalue weighted by Crippen LogP contribution is 2.22. The van der Waals surface area contributed by atoms with E-state index in [4.69, 9.17) is 4.52 Å². The molecule has 28 heavy (non-hydrogen) atoms. The van der Waals surface area contributed by atoms with Crippen molar-refractivity contribution in [1.29, 1.82) is 0 Å². The minimum atomic E-state index is -3.63. The van der Waals surface area contributed by atoms with E-state index in [2.05, 4.69) is 15.0 Å². The minimum Gasteiger partial charge on any atom is -0.338 e. The number of rotatable bonds is 5. The predicted molar refractivity (Wildman–Crippen MR) is 103 cm³/mol. The average Bonchev–Trinajstić information content (AvgIpc) is 3.31. The Morgan fingerprint density at radius 1 is 1.11 bits per heavy atom. The molecule has 7 nitrogen and oxygen atoms in total. The molecule has 0 aliphatic carbocycles. The minimum absolute atomic E-state index is 0.111. The number of hydrogen-bond acceptors (Lipinski definition) is 7. The smallest absolute Gasteiger partial charge is 0.243 e. The second-order valence-electron chi connectivity index (χ2n) is 6.48. The number of nitrogens with zero attached hydrogens (tertiary/aromatic N) is 4. The summed E-state index contributed by atoms with van der Waals surface area (Å²) in [5.41, 5.74) is 0. The van der Waals surface area contributed by atoms with E-state index in [0.29, 0.717) is 44.3 Å².